The van der Waals surface area contributed by atoms with E-state index in [0.717, 1.165) is 6.42 Å². The highest BCUT2D eigenvalue weighted by atomic mass is 16.5. The van der Waals surface area contributed by atoms with Gasteiger partial charge in [0, 0.05) is 6.61 Å². The molecule has 0 aliphatic heterocycles. The predicted octanol–water partition coefficient (Wildman–Crippen LogP) is 3.27. The van der Waals surface area contributed by atoms with Crippen molar-refractivity contribution in [3.63, 3.8) is 0 Å². The van der Waals surface area contributed by atoms with Crippen LogP contribution < -0.4 is 0 Å². The van der Waals surface area contributed by atoms with E-state index in [1.54, 1.807) is 0 Å². The maximum atomic E-state index is 11.8. The number of ether oxygens (including phenoxy) is 2. The molecule has 0 saturated heterocycles. The van der Waals surface area contributed by atoms with Crippen LogP contribution >= 0.6 is 0 Å². The van der Waals surface area contributed by atoms with Gasteiger partial charge in [0.1, 0.15) is 0 Å². The Labute approximate surface area is 106 Å². The second-order valence-electron chi connectivity index (χ2n) is 5.61. The Morgan fingerprint density at radius 2 is 1.76 bits per heavy atom. The Hall–Kier alpha value is -0.570. The molecule has 2 unspecified atom stereocenters. The van der Waals surface area contributed by atoms with Crippen molar-refractivity contribution in [1.82, 2.24) is 0 Å². The van der Waals surface area contributed by atoms with Gasteiger partial charge in [0.05, 0.1) is 19.1 Å². The summed E-state index contributed by atoms with van der Waals surface area (Å²) in [5, 5.41) is 0. The number of hydrogen-bond acceptors (Lipinski definition) is 3. The van der Waals surface area contributed by atoms with Crippen LogP contribution in [0.2, 0.25) is 0 Å². The SMILES string of the molecule is CCOCC(CC(C)C(C)(C)C)C(=O)OCC. The second kappa shape index (κ2) is 7.70. The summed E-state index contributed by atoms with van der Waals surface area (Å²) >= 11 is 0. The van der Waals surface area contributed by atoms with Gasteiger partial charge >= 0.3 is 5.97 Å². The number of hydrogen-bond donors (Lipinski definition) is 0. The summed E-state index contributed by atoms with van der Waals surface area (Å²) in [7, 11) is 0. The number of carbonyl (C=O) groups is 1. The summed E-state index contributed by atoms with van der Waals surface area (Å²) in [5.41, 5.74) is 0.205. The lowest BCUT2D eigenvalue weighted by Gasteiger charge is -2.29. The lowest BCUT2D eigenvalue weighted by molar-refractivity contribution is -0.151. The molecule has 0 aliphatic rings. The van der Waals surface area contributed by atoms with E-state index in [4.69, 9.17) is 9.47 Å². The molecule has 0 aromatic carbocycles. The number of carbonyl (C=O) groups excluding carboxylic acids is 1. The Morgan fingerprint density at radius 3 is 2.18 bits per heavy atom. The van der Waals surface area contributed by atoms with Crippen molar-refractivity contribution in [2.24, 2.45) is 17.3 Å². The minimum absolute atomic E-state index is 0.128. The van der Waals surface area contributed by atoms with Crippen molar-refractivity contribution in [1.29, 1.82) is 0 Å². The highest BCUT2D eigenvalue weighted by molar-refractivity contribution is 5.72. The molecule has 17 heavy (non-hydrogen) atoms. The lowest BCUT2D eigenvalue weighted by atomic mass is 9.77. The summed E-state index contributed by atoms with van der Waals surface area (Å²) < 4.78 is 10.5. The Morgan fingerprint density at radius 1 is 1.18 bits per heavy atom. The van der Waals surface area contributed by atoms with Crippen LogP contribution in [0.3, 0.4) is 0 Å². The Bertz CT molecular complexity index is 218. The molecule has 2 atom stereocenters. The molecule has 0 aliphatic carbocycles. The van der Waals surface area contributed by atoms with Gasteiger partial charge in [-0.2, -0.15) is 0 Å². The summed E-state index contributed by atoms with van der Waals surface area (Å²) in [6, 6.07) is 0. The first-order valence-electron chi connectivity index (χ1n) is 6.57. The van der Waals surface area contributed by atoms with Crippen LogP contribution in [-0.4, -0.2) is 25.8 Å². The molecule has 0 spiro atoms. The van der Waals surface area contributed by atoms with Crippen LogP contribution in [0.1, 0.15) is 48.0 Å². The molecule has 0 radical (unpaired) electrons. The quantitative estimate of drug-likeness (QED) is 0.645. The first-order valence-corrected chi connectivity index (χ1v) is 6.57. The molecule has 3 heteroatoms. The topological polar surface area (TPSA) is 35.5 Å². The maximum Gasteiger partial charge on any atom is 0.311 e. The van der Waals surface area contributed by atoms with Crippen LogP contribution in [0, 0.1) is 17.3 Å². The second-order valence-corrected chi connectivity index (χ2v) is 5.61. The molecule has 0 aromatic heterocycles. The summed E-state index contributed by atoms with van der Waals surface area (Å²) in [4.78, 5) is 11.8. The molecule has 0 rings (SSSR count). The van der Waals surface area contributed by atoms with Gasteiger partial charge in [-0.1, -0.05) is 27.7 Å². The van der Waals surface area contributed by atoms with Crippen molar-refractivity contribution in [3.05, 3.63) is 0 Å². The fraction of sp³-hybridized carbons (Fsp3) is 0.929. The normalized spacial score (nSPS) is 15.4. The molecule has 0 bridgehead atoms. The van der Waals surface area contributed by atoms with Gasteiger partial charge in [-0.25, -0.2) is 0 Å². The van der Waals surface area contributed by atoms with Crippen molar-refractivity contribution < 1.29 is 14.3 Å². The third kappa shape index (κ3) is 6.67. The monoisotopic (exact) mass is 244 g/mol. The van der Waals surface area contributed by atoms with Gasteiger partial charge in [-0.3, -0.25) is 4.79 Å². The smallest absolute Gasteiger partial charge is 0.311 e. The molecule has 0 N–H and O–H groups in total. The number of rotatable bonds is 7. The fourth-order valence-corrected chi connectivity index (χ4v) is 1.53. The zero-order valence-corrected chi connectivity index (χ0v) is 12.2. The van der Waals surface area contributed by atoms with Crippen molar-refractivity contribution in [2.75, 3.05) is 19.8 Å². The minimum atomic E-state index is -0.135. The summed E-state index contributed by atoms with van der Waals surface area (Å²) in [6.07, 6.45) is 0.822. The minimum Gasteiger partial charge on any atom is -0.466 e. The van der Waals surface area contributed by atoms with Gasteiger partial charge in [0.2, 0.25) is 0 Å². The zero-order valence-electron chi connectivity index (χ0n) is 12.2. The van der Waals surface area contributed by atoms with E-state index in [9.17, 15) is 4.79 Å². The van der Waals surface area contributed by atoms with E-state index in [0.29, 0.717) is 25.7 Å². The first-order chi connectivity index (χ1) is 7.82. The van der Waals surface area contributed by atoms with Gasteiger partial charge in [0.15, 0.2) is 0 Å². The van der Waals surface area contributed by atoms with E-state index in [1.165, 1.54) is 0 Å². The molecule has 0 aromatic rings. The van der Waals surface area contributed by atoms with E-state index >= 15 is 0 Å². The number of esters is 1. The van der Waals surface area contributed by atoms with Crippen LogP contribution in [0.15, 0.2) is 0 Å². The molecule has 0 saturated carbocycles. The van der Waals surface area contributed by atoms with Gasteiger partial charge in [-0.15, -0.1) is 0 Å². The van der Waals surface area contributed by atoms with E-state index < -0.39 is 0 Å². The summed E-state index contributed by atoms with van der Waals surface area (Å²) in [5.74, 6) is 0.193. The molecular weight excluding hydrogens is 216 g/mol. The summed E-state index contributed by atoms with van der Waals surface area (Å²) in [6.45, 7) is 14.1. The molecular formula is C14H28O3. The van der Waals surface area contributed by atoms with E-state index in [-0.39, 0.29) is 17.3 Å². The van der Waals surface area contributed by atoms with Crippen molar-refractivity contribution >= 4 is 5.97 Å². The molecule has 0 heterocycles. The van der Waals surface area contributed by atoms with Crippen LogP contribution in [0.25, 0.3) is 0 Å². The largest absolute Gasteiger partial charge is 0.466 e. The first kappa shape index (κ1) is 16.4. The highest BCUT2D eigenvalue weighted by Crippen LogP contribution is 2.31. The Kier molecular flexibility index (Phi) is 7.44. The Balaban J connectivity index is 4.42. The van der Waals surface area contributed by atoms with Gasteiger partial charge < -0.3 is 9.47 Å². The maximum absolute atomic E-state index is 11.8. The average molecular weight is 244 g/mol. The molecule has 102 valence electrons. The van der Waals surface area contributed by atoms with E-state index in [1.807, 2.05) is 13.8 Å². The molecule has 3 nitrogen and oxygen atoms in total. The zero-order chi connectivity index (χ0) is 13.5. The predicted molar refractivity (Wildman–Crippen MR) is 69.9 cm³/mol. The van der Waals surface area contributed by atoms with Crippen LogP contribution in [0.5, 0.6) is 0 Å². The third-order valence-corrected chi connectivity index (χ3v) is 3.26. The van der Waals surface area contributed by atoms with Gasteiger partial charge in [0.25, 0.3) is 0 Å². The molecule has 0 amide bonds. The lowest BCUT2D eigenvalue weighted by Crippen LogP contribution is -2.29. The highest BCUT2D eigenvalue weighted by Gasteiger charge is 2.28. The average Bonchev–Trinajstić information content (AvgIpc) is 2.22. The van der Waals surface area contributed by atoms with E-state index in [2.05, 4.69) is 27.7 Å². The fourth-order valence-electron chi connectivity index (χ4n) is 1.53. The van der Waals surface area contributed by atoms with Crippen LogP contribution in [0.4, 0.5) is 0 Å². The van der Waals surface area contributed by atoms with Gasteiger partial charge in [-0.05, 0) is 31.6 Å². The van der Waals surface area contributed by atoms with Crippen molar-refractivity contribution in [2.45, 2.75) is 48.0 Å². The van der Waals surface area contributed by atoms with Crippen molar-refractivity contribution in [3.8, 4) is 0 Å². The third-order valence-electron chi connectivity index (χ3n) is 3.26. The van der Waals surface area contributed by atoms with Crippen LogP contribution in [-0.2, 0) is 14.3 Å². The molecule has 0 fully saturated rings. The standard InChI is InChI=1S/C14H28O3/c1-7-16-10-12(13(15)17-8-2)9-11(3)14(4,5)6/h11-12H,7-10H2,1-6H3.